The molecule has 0 radical (unpaired) electrons. The smallest absolute Gasteiger partial charge is 0.264 e. The summed E-state index contributed by atoms with van der Waals surface area (Å²) in [6, 6.07) is 16.1. The molecule has 0 saturated heterocycles. The van der Waals surface area contributed by atoms with Gasteiger partial charge in [0.05, 0.1) is 41.3 Å². The Morgan fingerprint density at radius 1 is 1.07 bits per heavy atom. The number of carbonyl (C=O) groups excluding carboxylic acids is 1. The van der Waals surface area contributed by atoms with Gasteiger partial charge in [-0.15, -0.1) is 10.2 Å². The van der Waals surface area contributed by atoms with Gasteiger partial charge in [-0.2, -0.15) is 10.2 Å². The Labute approximate surface area is 234 Å². The molecule has 1 atom stereocenters. The summed E-state index contributed by atoms with van der Waals surface area (Å²) in [6.45, 7) is 3.75. The van der Waals surface area contributed by atoms with Gasteiger partial charge < -0.3 is 11.1 Å². The lowest BCUT2D eigenvalue weighted by molar-refractivity contribution is 0.0941. The fraction of sp³-hybridized carbons (Fsp3) is 0.133. The standard InChI is InChI=1S/C30H25N9O2/c1-18(34-29(40)26-27(31)36-38-15-14-32-35-28(26)38)24-16-21-9-7-8-20(12-13-22-17-33-37(3)19(22)2)25(21)30(41)39(24)23-10-5-4-6-11-23/h4-11,14-18H,1-3H3,(H2,31,36)(H,34,40)/t18-/m0/s1. The number of amides is 1. The van der Waals surface area contributed by atoms with Crippen molar-refractivity contribution in [3.05, 3.63) is 112 Å². The molecule has 11 nitrogen and oxygen atoms in total. The highest BCUT2D eigenvalue weighted by Crippen LogP contribution is 2.24. The largest absolute Gasteiger partial charge is 0.381 e. The Hall–Kier alpha value is -5.76. The minimum atomic E-state index is -0.599. The second kappa shape index (κ2) is 10.1. The van der Waals surface area contributed by atoms with Gasteiger partial charge in [-0.3, -0.25) is 18.8 Å². The molecule has 0 aliphatic carbocycles. The van der Waals surface area contributed by atoms with Crippen molar-refractivity contribution in [1.29, 1.82) is 0 Å². The van der Waals surface area contributed by atoms with E-state index >= 15 is 0 Å². The van der Waals surface area contributed by atoms with Crippen LogP contribution in [0.25, 0.3) is 22.1 Å². The van der Waals surface area contributed by atoms with Crippen LogP contribution in [0.4, 0.5) is 5.82 Å². The van der Waals surface area contributed by atoms with E-state index < -0.39 is 11.9 Å². The highest BCUT2D eigenvalue weighted by molar-refractivity contribution is 6.04. The first kappa shape index (κ1) is 25.5. The van der Waals surface area contributed by atoms with Crippen molar-refractivity contribution in [3.63, 3.8) is 0 Å². The topological polar surface area (TPSA) is 138 Å². The van der Waals surface area contributed by atoms with E-state index in [9.17, 15) is 9.59 Å². The average Bonchev–Trinajstić information content (AvgIpc) is 3.49. The van der Waals surface area contributed by atoms with Crippen LogP contribution in [0.15, 0.2) is 78.0 Å². The number of nitrogens with zero attached hydrogens (tertiary/aromatic N) is 7. The van der Waals surface area contributed by atoms with E-state index in [1.54, 1.807) is 28.6 Å². The number of hydrogen-bond acceptors (Lipinski definition) is 7. The fourth-order valence-corrected chi connectivity index (χ4v) is 4.79. The van der Waals surface area contributed by atoms with E-state index in [2.05, 4.69) is 37.6 Å². The lowest BCUT2D eigenvalue weighted by Gasteiger charge is -2.21. The number of rotatable bonds is 4. The molecule has 6 rings (SSSR count). The maximum absolute atomic E-state index is 14.2. The van der Waals surface area contributed by atoms with E-state index in [1.807, 2.05) is 68.6 Å². The van der Waals surface area contributed by atoms with Crippen LogP contribution >= 0.6 is 0 Å². The SMILES string of the molecule is Cc1c(C#Cc2cccc3cc([C@H](C)NC(=O)c4c(N)nn5ccnnc45)n(-c4ccccc4)c(=O)c23)cnn1C. The molecule has 4 aromatic heterocycles. The number of aryl methyl sites for hydroxylation is 1. The van der Waals surface area contributed by atoms with E-state index in [1.165, 1.54) is 10.7 Å². The van der Waals surface area contributed by atoms with Crippen LogP contribution in [0.5, 0.6) is 0 Å². The van der Waals surface area contributed by atoms with Crippen molar-refractivity contribution in [2.24, 2.45) is 7.05 Å². The Bertz CT molecular complexity index is 2080. The Morgan fingerprint density at radius 3 is 2.61 bits per heavy atom. The molecule has 41 heavy (non-hydrogen) atoms. The van der Waals surface area contributed by atoms with Gasteiger partial charge in [-0.25, -0.2) is 4.52 Å². The zero-order valence-corrected chi connectivity index (χ0v) is 22.5. The molecule has 1 amide bonds. The highest BCUT2D eigenvalue weighted by Gasteiger charge is 2.24. The number of nitrogens with one attached hydrogen (secondary N) is 1. The number of nitrogens with two attached hydrogens (primary N) is 1. The number of aromatic nitrogens is 7. The first-order valence-electron chi connectivity index (χ1n) is 12.8. The van der Waals surface area contributed by atoms with E-state index in [4.69, 9.17) is 5.73 Å². The van der Waals surface area contributed by atoms with Crippen LogP contribution in [0, 0.1) is 18.8 Å². The number of fused-ring (bicyclic) bond motifs is 2. The molecule has 0 aliphatic heterocycles. The summed E-state index contributed by atoms with van der Waals surface area (Å²) in [5.41, 5.74) is 9.71. The molecule has 0 aliphatic rings. The van der Waals surface area contributed by atoms with Crippen molar-refractivity contribution >= 4 is 28.1 Å². The normalized spacial score (nSPS) is 11.8. The molecule has 0 bridgehead atoms. The number of anilines is 1. The Balaban J connectivity index is 1.48. The quantitative estimate of drug-likeness (QED) is 0.326. The third-order valence-corrected chi connectivity index (χ3v) is 7.01. The predicted octanol–water partition coefficient (Wildman–Crippen LogP) is 2.94. The molecule has 3 N–H and O–H groups in total. The first-order valence-corrected chi connectivity index (χ1v) is 12.8. The zero-order valence-electron chi connectivity index (χ0n) is 22.5. The number of carbonyl (C=O) groups is 1. The molecule has 202 valence electrons. The van der Waals surface area contributed by atoms with Crippen LogP contribution < -0.4 is 16.6 Å². The summed E-state index contributed by atoms with van der Waals surface area (Å²) < 4.78 is 4.76. The first-order chi connectivity index (χ1) is 19.8. The maximum Gasteiger partial charge on any atom is 0.264 e. The Morgan fingerprint density at radius 2 is 1.85 bits per heavy atom. The van der Waals surface area contributed by atoms with Crippen LogP contribution in [0.3, 0.4) is 0 Å². The summed E-state index contributed by atoms with van der Waals surface area (Å²) in [5, 5.41) is 20.4. The summed E-state index contributed by atoms with van der Waals surface area (Å²) in [6.07, 6.45) is 4.72. The summed E-state index contributed by atoms with van der Waals surface area (Å²) in [5.74, 6) is 5.88. The van der Waals surface area contributed by atoms with Crippen LogP contribution in [-0.2, 0) is 7.05 Å². The van der Waals surface area contributed by atoms with Crippen molar-refractivity contribution in [1.82, 2.24) is 39.5 Å². The highest BCUT2D eigenvalue weighted by atomic mass is 16.2. The molecule has 0 unspecified atom stereocenters. The van der Waals surface area contributed by atoms with Crippen molar-refractivity contribution in [2.45, 2.75) is 19.9 Å². The molecule has 2 aromatic carbocycles. The average molecular weight is 544 g/mol. The predicted molar refractivity (Wildman–Crippen MR) is 155 cm³/mol. The molecule has 11 heteroatoms. The number of pyridine rings is 1. The lowest BCUT2D eigenvalue weighted by atomic mass is 10.0. The van der Waals surface area contributed by atoms with Crippen molar-refractivity contribution in [3.8, 4) is 17.5 Å². The summed E-state index contributed by atoms with van der Waals surface area (Å²) >= 11 is 0. The van der Waals surface area contributed by atoms with Gasteiger partial charge >= 0.3 is 0 Å². The van der Waals surface area contributed by atoms with Gasteiger partial charge in [0.15, 0.2) is 11.5 Å². The minimum Gasteiger partial charge on any atom is -0.381 e. The molecule has 4 heterocycles. The molecular weight excluding hydrogens is 518 g/mol. The van der Waals surface area contributed by atoms with Gasteiger partial charge in [0.1, 0.15) is 5.56 Å². The van der Waals surface area contributed by atoms with Gasteiger partial charge in [0.25, 0.3) is 11.5 Å². The maximum atomic E-state index is 14.2. The van der Waals surface area contributed by atoms with Gasteiger partial charge in [0, 0.05) is 24.0 Å². The minimum absolute atomic E-state index is 0.0289. The number of hydrogen-bond donors (Lipinski definition) is 2. The second-order valence-electron chi connectivity index (χ2n) is 9.57. The van der Waals surface area contributed by atoms with Crippen LogP contribution in [0.1, 0.15) is 45.8 Å². The van der Waals surface area contributed by atoms with Gasteiger partial charge in [0.2, 0.25) is 0 Å². The third kappa shape index (κ3) is 4.47. The number of para-hydroxylation sites is 1. The van der Waals surface area contributed by atoms with Gasteiger partial charge in [-0.1, -0.05) is 42.2 Å². The van der Waals surface area contributed by atoms with Crippen molar-refractivity contribution in [2.75, 3.05) is 5.73 Å². The van der Waals surface area contributed by atoms with Crippen LogP contribution in [-0.4, -0.2) is 40.1 Å². The lowest BCUT2D eigenvalue weighted by Crippen LogP contribution is -2.32. The zero-order chi connectivity index (χ0) is 28.7. The van der Waals surface area contributed by atoms with Crippen LogP contribution in [0.2, 0.25) is 0 Å². The molecule has 6 aromatic rings. The monoisotopic (exact) mass is 543 g/mol. The molecule has 0 fully saturated rings. The number of benzene rings is 2. The number of nitrogen functional groups attached to an aromatic ring is 1. The van der Waals surface area contributed by atoms with E-state index in [-0.39, 0.29) is 22.6 Å². The molecule has 0 saturated carbocycles. The second-order valence-corrected chi connectivity index (χ2v) is 9.57. The Kier molecular flexibility index (Phi) is 6.28. The fourth-order valence-electron chi connectivity index (χ4n) is 4.79. The van der Waals surface area contributed by atoms with Gasteiger partial charge in [-0.05, 0) is 43.5 Å². The summed E-state index contributed by atoms with van der Waals surface area (Å²) in [4.78, 5) is 27.6. The van der Waals surface area contributed by atoms with Crippen molar-refractivity contribution < 1.29 is 4.79 Å². The van der Waals surface area contributed by atoms with E-state index in [0.29, 0.717) is 27.7 Å². The third-order valence-electron chi connectivity index (χ3n) is 7.01. The summed E-state index contributed by atoms with van der Waals surface area (Å²) in [7, 11) is 1.86. The molecule has 0 spiro atoms. The molecular formula is C30H25N9O2. The van der Waals surface area contributed by atoms with E-state index in [0.717, 1.165) is 11.3 Å².